The Kier molecular flexibility index (Phi) is 3.73. The predicted octanol–water partition coefficient (Wildman–Crippen LogP) is 1.39. The molecule has 0 atom stereocenters. The van der Waals surface area contributed by atoms with Gasteiger partial charge in [0, 0.05) is 36.6 Å². The van der Waals surface area contributed by atoms with Crippen LogP contribution in [0.15, 0.2) is 41.5 Å². The number of nitrogens with one attached hydrogen (secondary N) is 2. The first-order chi connectivity index (χ1) is 10.3. The molecule has 0 unspecified atom stereocenters. The zero-order valence-corrected chi connectivity index (χ0v) is 11.8. The lowest BCUT2D eigenvalue weighted by Gasteiger charge is -2.17. The molecule has 3 rings (SSSR count). The third-order valence-corrected chi connectivity index (χ3v) is 3.78. The highest BCUT2D eigenvalue weighted by Crippen LogP contribution is 2.23. The van der Waals surface area contributed by atoms with E-state index >= 15 is 0 Å². The number of rotatable bonds is 3. The van der Waals surface area contributed by atoms with E-state index in [-0.39, 0.29) is 5.56 Å². The van der Waals surface area contributed by atoms with Crippen LogP contribution in [0.2, 0.25) is 0 Å². The summed E-state index contributed by atoms with van der Waals surface area (Å²) in [5, 5.41) is 0. The molecule has 21 heavy (non-hydrogen) atoms. The Bertz CT molecular complexity index is 697. The van der Waals surface area contributed by atoms with Crippen molar-refractivity contribution in [3.63, 3.8) is 0 Å². The highest BCUT2D eigenvalue weighted by atomic mass is 16.1. The van der Waals surface area contributed by atoms with Gasteiger partial charge in [0.2, 0.25) is 0 Å². The molecule has 2 heterocycles. The Labute approximate surface area is 123 Å². The first kappa shape index (κ1) is 13.4. The van der Waals surface area contributed by atoms with Crippen molar-refractivity contribution in [3.05, 3.63) is 52.7 Å². The SMILES string of the molecule is N/C=C\c1[nH+]cc(-c2ccc(N3CCCC3)cc2)[nH]c1=O. The van der Waals surface area contributed by atoms with Crippen LogP contribution in [0.5, 0.6) is 0 Å². The van der Waals surface area contributed by atoms with Crippen LogP contribution in [0, 0.1) is 0 Å². The predicted molar refractivity (Wildman–Crippen MR) is 83.7 cm³/mol. The van der Waals surface area contributed by atoms with Gasteiger partial charge in [-0.3, -0.25) is 4.79 Å². The zero-order valence-electron chi connectivity index (χ0n) is 11.8. The largest absolute Gasteiger partial charge is 0.404 e. The van der Waals surface area contributed by atoms with Crippen molar-refractivity contribution in [2.24, 2.45) is 5.73 Å². The first-order valence-electron chi connectivity index (χ1n) is 7.16. The molecule has 1 saturated heterocycles. The summed E-state index contributed by atoms with van der Waals surface area (Å²) in [5.41, 5.74) is 8.54. The molecule has 2 aromatic rings. The van der Waals surface area contributed by atoms with Crippen molar-refractivity contribution in [1.82, 2.24) is 4.98 Å². The fourth-order valence-electron chi connectivity index (χ4n) is 2.64. The van der Waals surface area contributed by atoms with Crippen molar-refractivity contribution in [1.29, 1.82) is 0 Å². The minimum atomic E-state index is -0.183. The number of nitrogens with zero attached hydrogens (tertiary/aromatic N) is 1. The molecule has 5 heteroatoms. The van der Waals surface area contributed by atoms with E-state index < -0.39 is 0 Å². The maximum atomic E-state index is 11.9. The molecule has 108 valence electrons. The molecular formula is C16H19N4O+. The van der Waals surface area contributed by atoms with Crippen LogP contribution in [0.25, 0.3) is 17.3 Å². The van der Waals surface area contributed by atoms with Crippen molar-refractivity contribution < 1.29 is 4.98 Å². The maximum Gasteiger partial charge on any atom is 0.320 e. The second kappa shape index (κ2) is 5.83. The Morgan fingerprint density at radius 2 is 1.90 bits per heavy atom. The normalized spacial score (nSPS) is 15.0. The van der Waals surface area contributed by atoms with Crippen molar-refractivity contribution in [2.45, 2.75) is 12.8 Å². The van der Waals surface area contributed by atoms with Crippen LogP contribution in [-0.4, -0.2) is 18.1 Å². The number of aromatic nitrogens is 2. The number of aromatic amines is 2. The molecule has 1 aromatic heterocycles. The van der Waals surface area contributed by atoms with Crippen LogP contribution >= 0.6 is 0 Å². The minimum absolute atomic E-state index is 0.183. The molecule has 0 saturated carbocycles. The molecule has 0 amide bonds. The van der Waals surface area contributed by atoms with E-state index in [2.05, 4.69) is 27.0 Å². The second-order valence-electron chi connectivity index (χ2n) is 5.17. The topological polar surface area (TPSA) is 76.3 Å². The van der Waals surface area contributed by atoms with Gasteiger partial charge in [-0.15, -0.1) is 0 Å². The molecule has 0 bridgehead atoms. The van der Waals surface area contributed by atoms with E-state index in [1.165, 1.54) is 24.7 Å². The molecule has 5 nitrogen and oxygen atoms in total. The standard InChI is InChI=1S/C16H18N4O/c17-8-7-14-16(21)19-15(11-18-14)12-3-5-13(6-4-12)20-9-1-2-10-20/h3-8,11H,1-2,9-10,17H2,(H,19,21)/p+1/b8-7-. The maximum absolute atomic E-state index is 11.9. The molecule has 1 aliphatic rings. The number of hydrogen-bond acceptors (Lipinski definition) is 3. The summed E-state index contributed by atoms with van der Waals surface area (Å²) in [6.45, 7) is 2.26. The van der Waals surface area contributed by atoms with E-state index in [9.17, 15) is 4.79 Å². The van der Waals surface area contributed by atoms with E-state index in [0.29, 0.717) is 5.69 Å². The summed E-state index contributed by atoms with van der Waals surface area (Å²) in [6, 6.07) is 8.27. The number of nitrogens with two attached hydrogens (primary N) is 1. The molecule has 0 spiro atoms. The summed E-state index contributed by atoms with van der Waals surface area (Å²) in [7, 11) is 0. The third-order valence-electron chi connectivity index (χ3n) is 3.78. The van der Waals surface area contributed by atoms with Crippen LogP contribution in [0.4, 0.5) is 5.69 Å². The van der Waals surface area contributed by atoms with Gasteiger partial charge in [-0.1, -0.05) is 12.1 Å². The van der Waals surface area contributed by atoms with Crippen LogP contribution in [0.3, 0.4) is 0 Å². The lowest BCUT2D eigenvalue weighted by Crippen LogP contribution is -2.23. The quantitative estimate of drug-likeness (QED) is 0.893. The number of benzene rings is 1. The van der Waals surface area contributed by atoms with Gasteiger partial charge in [0.25, 0.3) is 5.69 Å². The van der Waals surface area contributed by atoms with Gasteiger partial charge in [-0.05, 0) is 25.0 Å². The third kappa shape index (κ3) is 2.81. The van der Waals surface area contributed by atoms with E-state index in [1.54, 1.807) is 12.3 Å². The Hall–Kier alpha value is -2.56. The van der Waals surface area contributed by atoms with Crippen LogP contribution < -0.4 is 21.2 Å². The lowest BCUT2D eigenvalue weighted by molar-refractivity contribution is -0.382. The highest BCUT2D eigenvalue weighted by molar-refractivity contribution is 5.62. The van der Waals surface area contributed by atoms with Gasteiger partial charge in [0.1, 0.15) is 5.69 Å². The molecule has 0 aliphatic carbocycles. The van der Waals surface area contributed by atoms with Gasteiger partial charge in [0.05, 0.1) is 0 Å². The summed E-state index contributed by atoms with van der Waals surface area (Å²) in [4.78, 5) is 20.1. The number of H-pyrrole nitrogens is 2. The zero-order chi connectivity index (χ0) is 14.7. The van der Waals surface area contributed by atoms with Gasteiger partial charge < -0.3 is 15.6 Å². The Morgan fingerprint density at radius 1 is 1.19 bits per heavy atom. The Morgan fingerprint density at radius 3 is 2.52 bits per heavy atom. The number of anilines is 1. The van der Waals surface area contributed by atoms with Crippen LogP contribution in [-0.2, 0) is 0 Å². The average molecular weight is 283 g/mol. The Balaban J connectivity index is 1.86. The molecular weight excluding hydrogens is 264 g/mol. The van der Waals surface area contributed by atoms with Gasteiger partial charge in [0.15, 0.2) is 6.20 Å². The van der Waals surface area contributed by atoms with E-state index in [0.717, 1.165) is 24.3 Å². The second-order valence-corrected chi connectivity index (χ2v) is 5.17. The fraction of sp³-hybridized carbons (Fsp3) is 0.250. The molecule has 1 aliphatic heterocycles. The molecule has 1 aromatic carbocycles. The fourth-order valence-corrected chi connectivity index (χ4v) is 2.64. The van der Waals surface area contributed by atoms with Crippen molar-refractivity contribution in [3.8, 4) is 11.3 Å². The minimum Gasteiger partial charge on any atom is -0.404 e. The smallest absolute Gasteiger partial charge is 0.320 e. The molecule has 1 fully saturated rings. The molecule has 0 radical (unpaired) electrons. The summed E-state index contributed by atoms with van der Waals surface area (Å²) in [6.07, 6.45) is 7.19. The van der Waals surface area contributed by atoms with Gasteiger partial charge in [-0.25, -0.2) is 4.98 Å². The lowest BCUT2D eigenvalue weighted by atomic mass is 10.1. The number of hydrogen-bond donors (Lipinski definition) is 2. The summed E-state index contributed by atoms with van der Waals surface area (Å²) < 4.78 is 0. The van der Waals surface area contributed by atoms with E-state index in [4.69, 9.17) is 5.73 Å². The molecule has 4 N–H and O–H groups in total. The van der Waals surface area contributed by atoms with Gasteiger partial charge >= 0.3 is 5.56 Å². The average Bonchev–Trinajstić information content (AvgIpc) is 3.04. The van der Waals surface area contributed by atoms with Crippen molar-refractivity contribution >= 4 is 11.8 Å². The van der Waals surface area contributed by atoms with Crippen LogP contribution in [0.1, 0.15) is 18.5 Å². The first-order valence-corrected chi connectivity index (χ1v) is 7.16. The van der Waals surface area contributed by atoms with E-state index in [1.807, 2.05) is 12.1 Å². The van der Waals surface area contributed by atoms with Gasteiger partial charge in [-0.2, -0.15) is 0 Å². The summed E-state index contributed by atoms with van der Waals surface area (Å²) >= 11 is 0. The summed E-state index contributed by atoms with van der Waals surface area (Å²) in [5.74, 6) is 0. The van der Waals surface area contributed by atoms with Crippen molar-refractivity contribution in [2.75, 3.05) is 18.0 Å². The monoisotopic (exact) mass is 283 g/mol. The highest BCUT2D eigenvalue weighted by Gasteiger charge is 2.13.